The molecule has 2 N–H and O–H groups in total. The van der Waals surface area contributed by atoms with E-state index in [1.807, 2.05) is 4.57 Å². The van der Waals surface area contributed by atoms with Gasteiger partial charge in [0, 0.05) is 22.3 Å². The molecule has 0 radical (unpaired) electrons. The molecule has 0 amide bonds. The first-order valence-corrected chi connectivity index (χ1v) is 10.5. The van der Waals surface area contributed by atoms with E-state index in [0.29, 0.717) is 5.69 Å². The molecule has 28 heavy (non-hydrogen) atoms. The van der Waals surface area contributed by atoms with Crippen molar-refractivity contribution >= 4 is 32.6 Å². The Labute approximate surface area is 161 Å². The Bertz CT molecular complexity index is 1170. The van der Waals surface area contributed by atoms with Gasteiger partial charge in [-0.15, -0.1) is 0 Å². The van der Waals surface area contributed by atoms with E-state index in [1.165, 1.54) is 12.1 Å². The second kappa shape index (κ2) is 6.94. The Morgan fingerprint density at radius 2 is 1.82 bits per heavy atom. The number of aliphatic carboxylic acids is 1. The highest BCUT2D eigenvalue weighted by molar-refractivity contribution is 7.92. The quantitative estimate of drug-likeness (QED) is 0.683. The Hall–Kier alpha value is -2.87. The number of rotatable bonds is 5. The number of carboxylic acids is 1. The van der Waals surface area contributed by atoms with E-state index in [1.54, 1.807) is 18.2 Å². The number of hydrogen-bond donors (Lipinski definition) is 2. The first-order valence-electron chi connectivity index (χ1n) is 8.99. The van der Waals surface area contributed by atoms with Crippen molar-refractivity contribution in [1.82, 2.24) is 4.57 Å². The van der Waals surface area contributed by atoms with Gasteiger partial charge in [-0.05, 0) is 73.7 Å². The average Bonchev–Trinajstić information content (AvgIpc) is 2.95. The summed E-state index contributed by atoms with van der Waals surface area (Å²) in [6.45, 7) is -0.119. The lowest BCUT2D eigenvalue weighted by molar-refractivity contribution is -0.137. The zero-order valence-electron chi connectivity index (χ0n) is 15.0. The fourth-order valence-corrected chi connectivity index (χ4v) is 4.89. The van der Waals surface area contributed by atoms with Gasteiger partial charge in [-0.1, -0.05) is 0 Å². The molecule has 1 heterocycles. The summed E-state index contributed by atoms with van der Waals surface area (Å²) in [7, 11) is -3.85. The molecule has 1 aliphatic carbocycles. The molecule has 6 nitrogen and oxygen atoms in total. The van der Waals surface area contributed by atoms with E-state index >= 15 is 0 Å². The number of hydrogen-bond acceptors (Lipinski definition) is 3. The summed E-state index contributed by atoms with van der Waals surface area (Å²) >= 11 is 0. The molecular formula is C20H19FN2O4S. The molecule has 0 unspecified atom stereocenters. The molecule has 0 atom stereocenters. The van der Waals surface area contributed by atoms with Crippen molar-refractivity contribution < 1.29 is 22.7 Å². The predicted molar refractivity (Wildman–Crippen MR) is 103 cm³/mol. The lowest BCUT2D eigenvalue weighted by atomic mass is 9.95. The van der Waals surface area contributed by atoms with Crippen LogP contribution in [-0.2, 0) is 34.2 Å². The molecule has 0 saturated heterocycles. The summed E-state index contributed by atoms with van der Waals surface area (Å²) < 4.78 is 42.6. The standard InChI is InChI=1S/C20H19FN2O4S/c21-13-5-8-15(9-6-13)28(26,27)22-14-7-10-19-17(11-14)16-3-1-2-4-18(16)23(19)12-20(24)25/h5-11,22H,1-4,12H2,(H,24,25). The summed E-state index contributed by atoms with van der Waals surface area (Å²) in [5.41, 5.74) is 3.28. The van der Waals surface area contributed by atoms with Gasteiger partial charge in [0.15, 0.2) is 0 Å². The van der Waals surface area contributed by atoms with Crippen molar-refractivity contribution in [2.45, 2.75) is 37.1 Å². The van der Waals surface area contributed by atoms with Gasteiger partial charge >= 0.3 is 5.97 Å². The van der Waals surface area contributed by atoms with Gasteiger partial charge in [0.25, 0.3) is 10.0 Å². The minimum atomic E-state index is -3.85. The number of benzene rings is 2. The highest BCUT2D eigenvalue weighted by Crippen LogP contribution is 2.34. The fourth-order valence-electron chi connectivity index (χ4n) is 3.84. The molecule has 0 fully saturated rings. The lowest BCUT2D eigenvalue weighted by Gasteiger charge is -2.14. The minimum absolute atomic E-state index is 0.0283. The average molecular weight is 402 g/mol. The summed E-state index contributed by atoms with van der Waals surface area (Å²) in [4.78, 5) is 11.3. The lowest BCUT2D eigenvalue weighted by Crippen LogP contribution is -2.14. The molecule has 3 aromatic rings. The SMILES string of the molecule is O=C(O)Cn1c2c(c3cc(NS(=O)(=O)c4ccc(F)cc4)ccc31)CCCC2. The fraction of sp³-hybridized carbons (Fsp3) is 0.250. The van der Waals surface area contributed by atoms with Crippen LogP contribution in [-0.4, -0.2) is 24.1 Å². The molecule has 146 valence electrons. The number of anilines is 1. The van der Waals surface area contributed by atoms with E-state index in [2.05, 4.69) is 4.72 Å². The smallest absolute Gasteiger partial charge is 0.323 e. The zero-order chi connectivity index (χ0) is 19.9. The van der Waals surface area contributed by atoms with Crippen molar-refractivity contribution in [3.8, 4) is 0 Å². The maximum atomic E-state index is 13.1. The molecule has 8 heteroatoms. The van der Waals surface area contributed by atoms with E-state index in [0.717, 1.165) is 60.0 Å². The Balaban J connectivity index is 1.75. The van der Waals surface area contributed by atoms with E-state index in [9.17, 15) is 22.7 Å². The molecule has 0 spiro atoms. The van der Waals surface area contributed by atoms with Crippen LogP contribution in [0.15, 0.2) is 47.4 Å². The summed E-state index contributed by atoms with van der Waals surface area (Å²) in [6.07, 6.45) is 3.68. The molecule has 4 rings (SSSR count). The third-order valence-corrected chi connectivity index (χ3v) is 6.44. The number of carbonyl (C=O) groups is 1. The predicted octanol–water partition coefficient (Wildman–Crippen LogP) is 3.54. The second-order valence-corrected chi connectivity index (χ2v) is 8.59. The van der Waals surface area contributed by atoms with Crippen LogP contribution in [0.5, 0.6) is 0 Å². The number of nitrogens with one attached hydrogen (secondary N) is 1. The topological polar surface area (TPSA) is 88.4 Å². The van der Waals surface area contributed by atoms with Crippen LogP contribution in [0.1, 0.15) is 24.1 Å². The minimum Gasteiger partial charge on any atom is -0.480 e. The van der Waals surface area contributed by atoms with Crippen molar-refractivity contribution in [3.05, 3.63) is 59.5 Å². The van der Waals surface area contributed by atoms with Gasteiger partial charge in [-0.3, -0.25) is 9.52 Å². The monoisotopic (exact) mass is 402 g/mol. The van der Waals surface area contributed by atoms with Crippen LogP contribution in [0.3, 0.4) is 0 Å². The largest absolute Gasteiger partial charge is 0.480 e. The van der Waals surface area contributed by atoms with Gasteiger partial charge in [0.05, 0.1) is 4.90 Å². The molecule has 2 aromatic carbocycles. The van der Waals surface area contributed by atoms with Crippen LogP contribution in [0, 0.1) is 5.82 Å². The number of aryl methyl sites for hydroxylation is 1. The normalized spacial score (nSPS) is 14.0. The number of carboxylic acid groups (broad SMARTS) is 1. The van der Waals surface area contributed by atoms with Crippen LogP contribution < -0.4 is 4.72 Å². The third kappa shape index (κ3) is 3.35. The highest BCUT2D eigenvalue weighted by Gasteiger charge is 2.22. The van der Waals surface area contributed by atoms with E-state index in [-0.39, 0.29) is 11.4 Å². The maximum absolute atomic E-state index is 13.1. The Morgan fingerprint density at radius 3 is 2.54 bits per heavy atom. The molecule has 1 aromatic heterocycles. The number of fused-ring (bicyclic) bond motifs is 3. The highest BCUT2D eigenvalue weighted by atomic mass is 32.2. The van der Waals surface area contributed by atoms with Gasteiger partial charge in [0.1, 0.15) is 12.4 Å². The van der Waals surface area contributed by atoms with Crippen LogP contribution in [0.4, 0.5) is 10.1 Å². The van der Waals surface area contributed by atoms with Crippen molar-refractivity contribution in [1.29, 1.82) is 0 Å². The Kier molecular flexibility index (Phi) is 4.58. The maximum Gasteiger partial charge on any atom is 0.323 e. The molecular weight excluding hydrogens is 383 g/mol. The number of aromatic nitrogens is 1. The second-order valence-electron chi connectivity index (χ2n) is 6.90. The number of nitrogens with zero attached hydrogens (tertiary/aromatic N) is 1. The van der Waals surface area contributed by atoms with Gasteiger partial charge in [-0.2, -0.15) is 0 Å². The first kappa shape index (κ1) is 18.5. The number of sulfonamides is 1. The summed E-state index contributed by atoms with van der Waals surface area (Å²) in [5, 5.41) is 10.1. The van der Waals surface area contributed by atoms with E-state index in [4.69, 9.17) is 0 Å². The van der Waals surface area contributed by atoms with Crippen LogP contribution in [0.2, 0.25) is 0 Å². The molecule has 1 aliphatic rings. The first-order chi connectivity index (χ1) is 13.3. The number of halogens is 1. The van der Waals surface area contributed by atoms with E-state index < -0.39 is 21.8 Å². The van der Waals surface area contributed by atoms with Crippen molar-refractivity contribution in [2.75, 3.05) is 4.72 Å². The summed E-state index contributed by atoms with van der Waals surface area (Å²) in [6, 6.07) is 9.73. The molecule has 0 saturated carbocycles. The Morgan fingerprint density at radius 1 is 1.11 bits per heavy atom. The van der Waals surface area contributed by atoms with Gasteiger partial charge in [-0.25, -0.2) is 12.8 Å². The van der Waals surface area contributed by atoms with Crippen molar-refractivity contribution in [3.63, 3.8) is 0 Å². The summed E-state index contributed by atoms with van der Waals surface area (Å²) in [5.74, 6) is -1.42. The zero-order valence-corrected chi connectivity index (χ0v) is 15.8. The molecule has 0 bridgehead atoms. The van der Waals surface area contributed by atoms with Crippen LogP contribution >= 0.6 is 0 Å². The van der Waals surface area contributed by atoms with Gasteiger partial charge < -0.3 is 9.67 Å². The molecule has 0 aliphatic heterocycles. The van der Waals surface area contributed by atoms with Gasteiger partial charge in [0.2, 0.25) is 0 Å². The van der Waals surface area contributed by atoms with Crippen molar-refractivity contribution in [2.24, 2.45) is 0 Å². The third-order valence-electron chi connectivity index (χ3n) is 5.05. The van der Waals surface area contributed by atoms with Crippen LogP contribution in [0.25, 0.3) is 10.9 Å².